The first-order chi connectivity index (χ1) is 7.68. The number of aromatic nitrogens is 4. The van der Waals surface area contributed by atoms with Crippen LogP contribution in [0.1, 0.15) is 5.56 Å². The van der Waals surface area contributed by atoms with Gasteiger partial charge < -0.3 is 5.73 Å². The van der Waals surface area contributed by atoms with Gasteiger partial charge in [-0.25, -0.2) is 4.98 Å². The predicted molar refractivity (Wildman–Crippen MR) is 64.2 cm³/mol. The smallest absolute Gasteiger partial charge is 0.222 e. The summed E-state index contributed by atoms with van der Waals surface area (Å²) in [5.41, 5.74) is 6.55. The zero-order chi connectivity index (χ0) is 11.5. The SMILES string of the molecule is Cn1c(N)nnc1SCc1cccnc1Cl. The highest BCUT2D eigenvalue weighted by molar-refractivity contribution is 7.98. The maximum Gasteiger partial charge on any atom is 0.222 e. The highest BCUT2D eigenvalue weighted by Gasteiger charge is 2.07. The fourth-order valence-corrected chi connectivity index (χ4v) is 2.29. The van der Waals surface area contributed by atoms with Gasteiger partial charge in [-0.15, -0.1) is 10.2 Å². The van der Waals surface area contributed by atoms with Gasteiger partial charge in [-0.2, -0.15) is 0 Å². The van der Waals surface area contributed by atoms with Gasteiger partial charge in [0.1, 0.15) is 5.15 Å². The van der Waals surface area contributed by atoms with Crippen molar-refractivity contribution in [3.8, 4) is 0 Å². The standard InChI is InChI=1S/C9H10ClN5S/c1-15-8(11)13-14-9(15)16-5-6-3-2-4-12-7(6)10/h2-4H,5H2,1H3,(H2,11,13). The normalized spacial score (nSPS) is 10.6. The fourth-order valence-electron chi connectivity index (χ4n) is 1.12. The molecule has 0 saturated heterocycles. The zero-order valence-corrected chi connectivity index (χ0v) is 10.2. The van der Waals surface area contributed by atoms with Crippen LogP contribution in [0.3, 0.4) is 0 Å². The molecule has 5 nitrogen and oxygen atoms in total. The maximum atomic E-state index is 5.94. The number of hydrogen-bond acceptors (Lipinski definition) is 5. The highest BCUT2D eigenvalue weighted by atomic mass is 35.5. The van der Waals surface area contributed by atoms with E-state index in [0.29, 0.717) is 16.9 Å². The molecule has 0 fully saturated rings. The average Bonchev–Trinajstić information content (AvgIpc) is 2.59. The van der Waals surface area contributed by atoms with E-state index in [-0.39, 0.29) is 0 Å². The molecule has 0 aliphatic rings. The molecule has 0 bridgehead atoms. The number of nitrogens with zero attached hydrogens (tertiary/aromatic N) is 4. The lowest BCUT2D eigenvalue weighted by atomic mass is 10.3. The zero-order valence-electron chi connectivity index (χ0n) is 8.59. The van der Waals surface area contributed by atoms with Gasteiger partial charge in [-0.05, 0) is 11.6 Å². The molecule has 0 amide bonds. The van der Waals surface area contributed by atoms with Gasteiger partial charge in [0.25, 0.3) is 0 Å². The van der Waals surface area contributed by atoms with E-state index in [4.69, 9.17) is 17.3 Å². The van der Waals surface area contributed by atoms with Crippen LogP contribution in [-0.4, -0.2) is 19.7 Å². The lowest BCUT2D eigenvalue weighted by Gasteiger charge is -2.02. The van der Waals surface area contributed by atoms with Gasteiger partial charge in [0, 0.05) is 19.0 Å². The molecule has 16 heavy (non-hydrogen) atoms. The Bertz CT molecular complexity index is 498. The minimum absolute atomic E-state index is 0.403. The van der Waals surface area contributed by atoms with Gasteiger partial charge in [-0.1, -0.05) is 29.4 Å². The lowest BCUT2D eigenvalue weighted by molar-refractivity contribution is 0.796. The maximum absolute atomic E-state index is 5.94. The third-order valence-corrected chi connectivity index (χ3v) is 3.47. The van der Waals surface area contributed by atoms with Crippen molar-refractivity contribution in [2.75, 3.05) is 5.73 Å². The summed E-state index contributed by atoms with van der Waals surface area (Å²) < 4.78 is 1.73. The molecule has 0 unspecified atom stereocenters. The molecule has 0 atom stereocenters. The van der Waals surface area contributed by atoms with E-state index in [0.717, 1.165) is 10.7 Å². The van der Waals surface area contributed by atoms with Crippen molar-refractivity contribution in [3.05, 3.63) is 29.0 Å². The quantitative estimate of drug-likeness (QED) is 0.668. The molecule has 0 aliphatic heterocycles. The van der Waals surface area contributed by atoms with Gasteiger partial charge in [0.2, 0.25) is 5.95 Å². The van der Waals surface area contributed by atoms with E-state index < -0.39 is 0 Å². The number of anilines is 1. The van der Waals surface area contributed by atoms with Crippen molar-refractivity contribution in [2.24, 2.45) is 7.05 Å². The summed E-state index contributed by atoms with van der Waals surface area (Å²) in [6, 6.07) is 3.79. The molecule has 2 rings (SSSR count). The Kier molecular flexibility index (Phi) is 3.31. The van der Waals surface area contributed by atoms with Crippen molar-refractivity contribution < 1.29 is 0 Å². The topological polar surface area (TPSA) is 69.6 Å². The summed E-state index contributed by atoms with van der Waals surface area (Å²) in [6.07, 6.45) is 1.66. The predicted octanol–water partition coefficient (Wildman–Crippen LogP) is 1.74. The van der Waals surface area contributed by atoms with Gasteiger partial charge in [-0.3, -0.25) is 4.57 Å². The summed E-state index contributed by atoms with van der Waals surface area (Å²) in [4.78, 5) is 4.00. The summed E-state index contributed by atoms with van der Waals surface area (Å²) in [7, 11) is 1.82. The molecule has 0 aliphatic carbocycles. The second-order valence-corrected chi connectivity index (χ2v) is 4.44. The van der Waals surface area contributed by atoms with Crippen LogP contribution in [0.4, 0.5) is 5.95 Å². The molecule has 84 valence electrons. The number of rotatable bonds is 3. The van der Waals surface area contributed by atoms with Gasteiger partial charge >= 0.3 is 0 Å². The summed E-state index contributed by atoms with van der Waals surface area (Å²) in [5.74, 6) is 1.10. The molecule has 0 saturated carbocycles. The molecule has 2 heterocycles. The average molecular weight is 256 g/mol. The van der Waals surface area contributed by atoms with Crippen LogP contribution in [0.25, 0.3) is 0 Å². The minimum atomic E-state index is 0.403. The highest BCUT2D eigenvalue weighted by Crippen LogP contribution is 2.24. The molecule has 2 aromatic rings. The Morgan fingerprint density at radius 3 is 2.94 bits per heavy atom. The van der Waals surface area contributed by atoms with E-state index >= 15 is 0 Å². The Morgan fingerprint density at radius 1 is 1.50 bits per heavy atom. The second-order valence-electron chi connectivity index (χ2n) is 3.14. The van der Waals surface area contributed by atoms with Gasteiger partial charge in [0.05, 0.1) is 0 Å². The van der Waals surface area contributed by atoms with Crippen LogP contribution in [0, 0.1) is 0 Å². The van der Waals surface area contributed by atoms with Crippen molar-refractivity contribution in [1.29, 1.82) is 0 Å². The molecule has 2 aromatic heterocycles. The van der Waals surface area contributed by atoms with Crippen molar-refractivity contribution in [3.63, 3.8) is 0 Å². The Labute approximate surface area is 102 Å². The molecular formula is C9H10ClN5S. The number of nitrogen functional groups attached to an aromatic ring is 1. The van der Waals surface area contributed by atoms with Crippen LogP contribution in [0.15, 0.2) is 23.5 Å². The van der Waals surface area contributed by atoms with E-state index in [1.807, 2.05) is 19.2 Å². The Balaban J connectivity index is 2.08. The third-order valence-electron chi connectivity index (χ3n) is 2.06. The van der Waals surface area contributed by atoms with E-state index in [9.17, 15) is 0 Å². The lowest BCUT2D eigenvalue weighted by Crippen LogP contribution is -1.98. The Hall–Kier alpha value is -1.27. The summed E-state index contributed by atoms with van der Waals surface area (Å²) in [5, 5.41) is 9.00. The van der Waals surface area contributed by atoms with E-state index in [1.165, 1.54) is 11.8 Å². The molecular weight excluding hydrogens is 246 g/mol. The van der Waals surface area contributed by atoms with E-state index in [2.05, 4.69) is 15.2 Å². The largest absolute Gasteiger partial charge is 0.368 e. The first-order valence-electron chi connectivity index (χ1n) is 4.55. The first kappa shape index (κ1) is 11.2. The van der Waals surface area contributed by atoms with Crippen LogP contribution >= 0.6 is 23.4 Å². The number of hydrogen-bond donors (Lipinski definition) is 1. The summed E-state index contributed by atoms with van der Waals surface area (Å²) >= 11 is 7.46. The second kappa shape index (κ2) is 4.71. The van der Waals surface area contributed by atoms with Crippen LogP contribution in [0.5, 0.6) is 0 Å². The van der Waals surface area contributed by atoms with Crippen molar-refractivity contribution in [2.45, 2.75) is 10.9 Å². The van der Waals surface area contributed by atoms with Crippen molar-refractivity contribution in [1.82, 2.24) is 19.7 Å². The fraction of sp³-hybridized carbons (Fsp3) is 0.222. The number of pyridine rings is 1. The van der Waals surface area contributed by atoms with Gasteiger partial charge in [0.15, 0.2) is 5.16 Å². The van der Waals surface area contributed by atoms with Crippen LogP contribution in [-0.2, 0) is 12.8 Å². The molecule has 2 N–H and O–H groups in total. The molecule has 0 spiro atoms. The monoisotopic (exact) mass is 255 g/mol. The number of thioether (sulfide) groups is 1. The summed E-state index contributed by atoms with van der Waals surface area (Å²) in [6.45, 7) is 0. The van der Waals surface area contributed by atoms with E-state index in [1.54, 1.807) is 10.8 Å². The molecule has 7 heteroatoms. The first-order valence-corrected chi connectivity index (χ1v) is 5.92. The third kappa shape index (κ3) is 2.28. The number of halogens is 1. The van der Waals surface area contributed by atoms with Crippen LogP contribution < -0.4 is 5.73 Å². The molecule has 0 radical (unpaired) electrons. The Morgan fingerprint density at radius 2 is 2.31 bits per heavy atom. The number of nitrogens with two attached hydrogens (primary N) is 1. The molecule has 0 aromatic carbocycles. The van der Waals surface area contributed by atoms with Crippen LogP contribution in [0.2, 0.25) is 5.15 Å². The van der Waals surface area contributed by atoms with Crippen molar-refractivity contribution >= 4 is 29.3 Å². The minimum Gasteiger partial charge on any atom is -0.368 e.